The molecule has 5 heteroatoms. The number of amides is 1. The zero-order valence-electron chi connectivity index (χ0n) is 19.0. The fraction of sp³-hybridized carbons (Fsp3) is 0.321. The molecule has 4 nitrogen and oxygen atoms in total. The molecule has 0 unspecified atom stereocenters. The molecular formula is C28H31N3OS. The van der Waals surface area contributed by atoms with Crippen LogP contribution in [0.2, 0.25) is 0 Å². The summed E-state index contributed by atoms with van der Waals surface area (Å²) in [6.45, 7) is 4.13. The summed E-state index contributed by atoms with van der Waals surface area (Å²) in [5.74, 6) is 0.832. The Balaban J connectivity index is 1.04. The second-order valence-electron chi connectivity index (χ2n) is 8.97. The lowest BCUT2D eigenvalue weighted by atomic mass is 9.90. The van der Waals surface area contributed by atoms with Gasteiger partial charge in [0.25, 0.3) is 5.91 Å². The van der Waals surface area contributed by atoms with E-state index in [1.54, 1.807) is 11.3 Å². The number of piperidine rings is 1. The number of hydrogen-bond donors (Lipinski definition) is 1. The summed E-state index contributed by atoms with van der Waals surface area (Å²) in [5, 5.41) is 5.39. The van der Waals surface area contributed by atoms with Crippen LogP contribution in [0, 0.1) is 5.92 Å². The number of fused-ring (bicyclic) bond motifs is 1. The zero-order valence-corrected chi connectivity index (χ0v) is 19.8. The normalized spacial score (nSPS) is 15.2. The van der Waals surface area contributed by atoms with Gasteiger partial charge < -0.3 is 14.8 Å². The Morgan fingerprint density at radius 1 is 0.939 bits per heavy atom. The van der Waals surface area contributed by atoms with Gasteiger partial charge >= 0.3 is 0 Å². The summed E-state index contributed by atoms with van der Waals surface area (Å²) in [5.41, 5.74) is 2.62. The molecule has 33 heavy (non-hydrogen) atoms. The molecule has 0 saturated carbocycles. The van der Waals surface area contributed by atoms with Crippen molar-refractivity contribution in [2.45, 2.75) is 25.7 Å². The van der Waals surface area contributed by atoms with Gasteiger partial charge in [-0.2, -0.15) is 0 Å². The Morgan fingerprint density at radius 2 is 1.73 bits per heavy atom. The summed E-state index contributed by atoms with van der Waals surface area (Å²) in [4.78, 5) is 16.0. The summed E-state index contributed by atoms with van der Waals surface area (Å²) in [6, 6.07) is 25.2. The van der Waals surface area contributed by atoms with Gasteiger partial charge in [0, 0.05) is 12.7 Å². The number of para-hydroxylation sites is 1. The van der Waals surface area contributed by atoms with Crippen LogP contribution in [0.4, 0.5) is 0 Å². The van der Waals surface area contributed by atoms with E-state index in [2.05, 4.69) is 69.5 Å². The second kappa shape index (κ2) is 10.4. The maximum Gasteiger partial charge on any atom is 0.261 e. The van der Waals surface area contributed by atoms with Crippen molar-refractivity contribution < 1.29 is 4.79 Å². The molecule has 1 aliphatic rings. The Bertz CT molecular complexity index is 1190. The second-order valence-corrected chi connectivity index (χ2v) is 10.0. The summed E-state index contributed by atoms with van der Waals surface area (Å²) >= 11 is 1.54. The number of nitrogens with one attached hydrogen (secondary N) is 1. The quantitative estimate of drug-likeness (QED) is 0.341. The number of rotatable bonds is 8. The predicted octanol–water partition coefficient (Wildman–Crippen LogP) is 5.77. The first-order valence-corrected chi connectivity index (χ1v) is 12.8. The van der Waals surface area contributed by atoms with E-state index in [0.29, 0.717) is 0 Å². The minimum absolute atomic E-state index is 0.0317. The Morgan fingerprint density at radius 3 is 2.58 bits per heavy atom. The van der Waals surface area contributed by atoms with Crippen LogP contribution in [0.15, 0.2) is 79.0 Å². The largest absolute Gasteiger partial charge is 0.351 e. The molecule has 5 rings (SSSR count). The molecule has 2 aromatic carbocycles. The van der Waals surface area contributed by atoms with E-state index in [4.69, 9.17) is 0 Å². The molecule has 170 valence electrons. The third kappa shape index (κ3) is 5.37. The minimum atomic E-state index is 0.0317. The fourth-order valence-corrected chi connectivity index (χ4v) is 5.73. The van der Waals surface area contributed by atoms with Crippen LogP contribution in [0.25, 0.3) is 15.9 Å². The average molecular weight is 458 g/mol. The number of likely N-dealkylation sites (tertiary alicyclic amines) is 1. The highest BCUT2D eigenvalue weighted by Gasteiger charge is 2.19. The molecule has 3 heterocycles. The number of thiophene rings is 1. The van der Waals surface area contributed by atoms with Gasteiger partial charge in [-0.3, -0.25) is 4.79 Å². The van der Waals surface area contributed by atoms with Crippen molar-refractivity contribution in [3.63, 3.8) is 0 Å². The van der Waals surface area contributed by atoms with Crippen molar-refractivity contribution in [2.24, 2.45) is 5.92 Å². The minimum Gasteiger partial charge on any atom is -0.351 e. The van der Waals surface area contributed by atoms with Crippen molar-refractivity contribution in [1.29, 1.82) is 0 Å². The van der Waals surface area contributed by atoms with E-state index in [0.717, 1.165) is 35.3 Å². The first-order chi connectivity index (χ1) is 16.3. The Kier molecular flexibility index (Phi) is 6.89. The molecule has 1 amide bonds. The molecule has 0 spiro atoms. The van der Waals surface area contributed by atoms with Crippen LogP contribution in [0.3, 0.4) is 0 Å². The number of aromatic nitrogens is 1. The lowest BCUT2D eigenvalue weighted by Crippen LogP contribution is -2.36. The van der Waals surface area contributed by atoms with Crippen molar-refractivity contribution in [3.05, 3.63) is 89.4 Å². The predicted molar refractivity (Wildman–Crippen MR) is 137 cm³/mol. The fourth-order valence-electron chi connectivity index (χ4n) is 4.81. The Hall–Kier alpha value is -2.89. The number of carbonyl (C=O) groups excluding carboxylic acids is 1. The molecule has 2 aromatic heterocycles. The van der Waals surface area contributed by atoms with Crippen molar-refractivity contribution >= 4 is 28.1 Å². The highest BCUT2D eigenvalue weighted by Crippen LogP contribution is 2.26. The van der Waals surface area contributed by atoms with Crippen molar-refractivity contribution in [1.82, 2.24) is 14.8 Å². The van der Waals surface area contributed by atoms with Gasteiger partial charge in [0.1, 0.15) is 5.00 Å². The molecule has 4 aromatic rings. The molecule has 1 aliphatic heterocycles. The van der Waals surface area contributed by atoms with Crippen molar-refractivity contribution in [3.8, 4) is 5.00 Å². The molecule has 0 aliphatic carbocycles. The van der Waals surface area contributed by atoms with Crippen LogP contribution >= 0.6 is 11.3 Å². The molecular weight excluding hydrogens is 426 g/mol. The van der Waals surface area contributed by atoms with Crippen LogP contribution in [0.1, 0.15) is 34.5 Å². The van der Waals surface area contributed by atoms with Crippen LogP contribution < -0.4 is 5.32 Å². The molecule has 1 N–H and O–H groups in total. The SMILES string of the molecule is O=C(NCCCN1CCC(Cc2ccccc2)CC1)c1ccc(-n2ccc3ccccc32)s1. The van der Waals surface area contributed by atoms with Gasteiger partial charge in [-0.15, -0.1) is 11.3 Å². The Labute approximate surface area is 199 Å². The van der Waals surface area contributed by atoms with E-state index >= 15 is 0 Å². The maximum atomic E-state index is 12.6. The lowest BCUT2D eigenvalue weighted by molar-refractivity contribution is 0.0954. The third-order valence-corrected chi connectivity index (χ3v) is 7.75. The maximum absolute atomic E-state index is 12.6. The monoisotopic (exact) mass is 457 g/mol. The standard InChI is InChI=1S/C28H31N3OS/c32-28(26-11-12-27(33-26)31-20-15-24-9-4-5-10-25(24)31)29-16-6-17-30-18-13-23(14-19-30)21-22-7-2-1-3-8-22/h1-5,7-12,15,20,23H,6,13-14,16-19,21H2,(H,29,32). The summed E-state index contributed by atoms with van der Waals surface area (Å²) in [6.07, 6.45) is 6.81. The highest BCUT2D eigenvalue weighted by molar-refractivity contribution is 7.16. The first kappa shape index (κ1) is 21.9. The molecule has 0 atom stereocenters. The van der Waals surface area contributed by atoms with Crippen LogP contribution in [-0.2, 0) is 6.42 Å². The van der Waals surface area contributed by atoms with Gasteiger partial charge in [0.2, 0.25) is 0 Å². The highest BCUT2D eigenvalue weighted by atomic mass is 32.1. The van der Waals surface area contributed by atoms with Gasteiger partial charge in [-0.25, -0.2) is 0 Å². The number of carbonyl (C=O) groups is 1. The third-order valence-electron chi connectivity index (χ3n) is 6.66. The van der Waals surface area contributed by atoms with E-state index in [1.165, 1.54) is 48.8 Å². The van der Waals surface area contributed by atoms with Gasteiger partial charge in [-0.1, -0.05) is 48.5 Å². The average Bonchev–Trinajstić information content (AvgIpc) is 3.51. The molecule has 0 bridgehead atoms. The number of hydrogen-bond acceptors (Lipinski definition) is 3. The molecule has 1 saturated heterocycles. The van der Waals surface area contributed by atoms with Crippen LogP contribution in [0.5, 0.6) is 0 Å². The summed E-state index contributed by atoms with van der Waals surface area (Å²) < 4.78 is 2.15. The van der Waals surface area contributed by atoms with E-state index in [-0.39, 0.29) is 5.91 Å². The van der Waals surface area contributed by atoms with E-state index < -0.39 is 0 Å². The lowest BCUT2D eigenvalue weighted by Gasteiger charge is -2.32. The zero-order chi connectivity index (χ0) is 22.5. The van der Waals surface area contributed by atoms with E-state index in [9.17, 15) is 4.79 Å². The smallest absolute Gasteiger partial charge is 0.261 e. The topological polar surface area (TPSA) is 37.3 Å². The van der Waals surface area contributed by atoms with E-state index in [1.807, 2.05) is 24.3 Å². The van der Waals surface area contributed by atoms with Gasteiger partial charge in [0.05, 0.1) is 10.4 Å². The number of benzene rings is 2. The summed E-state index contributed by atoms with van der Waals surface area (Å²) in [7, 11) is 0. The molecule has 1 fully saturated rings. The van der Waals surface area contributed by atoms with Crippen LogP contribution in [-0.4, -0.2) is 41.6 Å². The van der Waals surface area contributed by atoms with Crippen molar-refractivity contribution in [2.75, 3.05) is 26.2 Å². The first-order valence-electron chi connectivity index (χ1n) is 12.0. The number of nitrogens with zero attached hydrogens (tertiary/aromatic N) is 2. The molecule has 0 radical (unpaired) electrons. The van der Waals surface area contributed by atoms with Gasteiger partial charge in [-0.05, 0) is 86.5 Å². The van der Waals surface area contributed by atoms with Gasteiger partial charge in [0.15, 0.2) is 0 Å².